The number of anilines is 1. The van der Waals surface area contributed by atoms with Crippen LogP contribution in [0.25, 0.3) is 5.76 Å². The molecule has 1 N–H and O–H groups in total. The summed E-state index contributed by atoms with van der Waals surface area (Å²) in [6, 6.07) is 13.5. The normalized spacial score (nSPS) is 21.2. The fourth-order valence-corrected chi connectivity index (χ4v) is 4.66. The number of carbonyl (C=O) groups is 3. The number of benzene rings is 2. The molecule has 8 heteroatoms. The van der Waals surface area contributed by atoms with E-state index in [9.17, 15) is 19.5 Å². The Morgan fingerprint density at radius 3 is 2.42 bits per heavy atom. The molecule has 1 fully saturated rings. The average Bonchev–Trinajstić information content (AvgIpc) is 3.18. The van der Waals surface area contributed by atoms with Crippen LogP contribution in [0.5, 0.6) is 5.75 Å². The van der Waals surface area contributed by atoms with Crippen molar-refractivity contribution in [1.29, 1.82) is 0 Å². The van der Waals surface area contributed by atoms with Gasteiger partial charge in [0.25, 0.3) is 17.6 Å². The maximum Gasteiger partial charge on any atom is 0.296 e. The van der Waals surface area contributed by atoms with E-state index in [0.29, 0.717) is 42.2 Å². The molecule has 1 saturated heterocycles. The number of nitrogens with zero attached hydrogens (tertiary/aromatic N) is 2. The summed E-state index contributed by atoms with van der Waals surface area (Å²) in [5.74, 6) is -1.98. The number of fused-ring (bicyclic) bond motifs is 2. The van der Waals surface area contributed by atoms with Gasteiger partial charge in [-0.1, -0.05) is 18.2 Å². The summed E-state index contributed by atoms with van der Waals surface area (Å²) in [4.78, 5) is 43.0. The number of para-hydroxylation sites is 1. The Morgan fingerprint density at radius 1 is 1.06 bits per heavy atom. The molecule has 2 heterocycles. The third-order valence-electron chi connectivity index (χ3n) is 6.11. The molecule has 2 aliphatic rings. The van der Waals surface area contributed by atoms with E-state index < -0.39 is 28.9 Å². The van der Waals surface area contributed by atoms with Gasteiger partial charge in [0.1, 0.15) is 11.5 Å². The van der Waals surface area contributed by atoms with Crippen molar-refractivity contribution in [3.05, 3.63) is 65.2 Å². The van der Waals surface area contributed by atoms with E-state index in [1.165, 1.54) is 9.80 Å². The van der Waals surface area contributed by atoms with Crippen LogP contribution in [-0.4, -0.2) is 61.5 Å². The van der Waals surface area contributed by atoms with Crippen molar-refractivity contribution in [3.63, 3.8) is 0 Å². The van der Waals surface area contributed by atoms with Crippen molar-refractivity contribution in [2.24, 2.45) is 0 Å². The van der Waals surface area contributed by atoms with Crippen molar-refractivity contribution in [3.8, 4) is 5.75 Å². The van der Waals surface area contributed by atoms with Gasteiger partial charge < -0.3 is 24.4 Å². The quantitative estimate of drug-likeness (QED) is 0.302. The smallest absolute Gasteiger partial charge is 0.296 e. The number of rotatable bonds is 7. The third kappa shape index (κ3) is 3.29. The van der Waals surface area contributed by atoms with E-state index in [4.69, 9.17) is 9.47 Å². The number of likely N-dealkylation sites (N-methyl/N-ethyl adjacent to an activating group) is 1. The predicted octanol–water partition coefficient (Wildman–Crippen LogP) is 2.67. The lowest BCUT2D eigenvalue weighted by molar-refractivity contribution is -0.143. The summed E-state index contributed by atoms with van der Waals surface area (Å²) in [5, 5.41) is 11.3. The van der Waals surface area contributed by atoms with Crippen molar-refractivity contribution in [2.45, 2.75) is 18.9 Å². The summed E-state index contributed by atoms with van der Waals surface area (Å²) in [6.45, 7) is 2.81. The molecule has 0 radical (unpaired) electrons. The number of aliphatic hydroxyl groups is 1. The second-order valence-corrected chi connectivity index (χ2v) is 7.90. The highest BCUT2D eigenvalue weighted by molar-refractivity contribution is 6.50. The second kappa shape index (κ2) is 8.71. The lowest BCUT2D eigenvalue weighted by Gasteiger charge is -2.34. The Bertz CT molecular complexity index is 1140. The first-order chi connectivity index (χ1) is 15.9. The van der Waals surface area contributed by atoms with Gasteiger partial charge in [-0.15, -0.1) is 0 Å². The van der Waals surface area contributed by atoms with E-state index in [1.807, 2.05) is 6.92 Å². The zero-order chi connectivity index (χ0) is 23.8. The van der Waals surface area contributed by atoms with Crippen LogP contribution in [0.4, 0.5) is 5.69 Å². The number of methoxy groups -OCH3 is 1. The van der Waals surface area contributed by atoms with Crippen LogP contribution in [0, 0.1) is 0 Å². The Kier molecular flexibility index (Phi) is 5.95. The highest BCUT2D eigenvalue weighted by atomic mass is 16.5. The molecule has 1 atom stereocenters. The number of aliphatic hydroxyl groups excluding tert-OH is 1. The number of Topliss-reactive ketones (excluding diaryl/α,β-unsaturated/α-hetero) is 1. The lowest BCUT2D eigenvalue weighted by atomic mass is 9.82. The highest BCUT2D eigenvalue weighted by Gasteiger charge is 2.66. The van der Waals surface area contributed by atoms with Crippen molar-refractivity contribution < 1.29 is 29.0 Å². The van der Waals surface area contributed by atoms with Crippen LogP contribution < -0.4 is 9.64 Å². The standard InChI is InChI=1S/C25H26N2O6/c1-4-33-17-12-10-16(11-13-17)21(28)20-22(29)23(30)27(14-7-15-32-3)25(20)18-8-5-6-9-19(18)26(2)24(25)31/h5-6,8-13,28H,4,7,14-15H2,1-3H3/b21-20-. The molecule has 2 aromatic carbocycles. The molecular formula is C25H26N2O6. The van der Waals surface area contributed by atoms with E-state index in [0.717, 1.165) is 0 Å². The number of hydrogen-bond donors (Lipinski definition) is 1. The molecule has 1 spiro atoms. The number of hydrogen-bond acceptors (Lipinski definition) is 6. The number of ketones is 1. The molecule has 0 bridgehead atoms. The number of likely N-dealkylation sites (tertiary alicyclic amines) is 1. The Labute approximate surface area is 192 Å². The van der Waals surface area contributed by atoms with Crippen LogP contribution in [0.3, 0.4) is 0 Å². The summed E-state index contributed by atoms with van der Waals surface area (Å²) in [7, 11) is 3.14. The molecule has 0 aliphatic carbocycles. The fraction of sp³-hybridized carbons (Fsp3) is 0.320. The van der Waals surface area contributed by atoms with Gasteiger partial charge >= 0.3 is 0 Å². The molecule has 0 saturated carbocycles. The Morgan fingerprint density at radius 2 is 1.76 bits per heavy atom. The van der Waals surface area contributed by atoms with Gasteiger partial charge in [0, 0.05) is 44.1 Å². The topological polar surface area (TPSA) is 96.4 Å². The zero-order valence-corrected chi connectivity index (χ0v) is 18.8. The van der Waals surface area contributed by atoms with Crippen molar-refractivity contribution >= 4 is 29.0 Å². The number of carbonyl (C=O) groups excluding carboxylic acids is 3. The van der Waals surface area contributed by atoms with Crippen molar-refractivity contribution in [1.82, 2.24) is 4.90 Å². The maximum absolute atomic E-state index is 13.8. The molecule has 2 aromatic rings. The van der Waals surface area contributed by atoms with Crippen LogP contribution in [0.2, 0.25) is 0 Å². The van der Waals surface area contributed by atoms with Crippen LogP contribution >= 0.6 is 0 Å². The molecule has 2 aliphatic heterocycles. The van der Waals surface area contributed by atoms with Gasteiger partial charge in [-0.05, 0) is 43.7 Å². The molecule has 172 valence electrons. The van der Waals surface area contributed by atoms with Gasteiger partial charge in [0.2, 0.25) is 0 Å². The third-order valence-corrected chi connectivity index (χ3v) is 6.11. The van der Waals surface area contributed by atoms with Gasteiger partial charge in [-0.3, -0.25) is 14.4 Å². The van der Waals surface area contributed by atoms with Crippen molar-refractivity contribution in [2.75, 3.05) is 38.8 Å². The molecule has 1 unspecified atom stereocenters. The lowest BCUT2D eigenvalue weighted by Crippen LogP contribution is -2.51. The SMILES string of the molecule is CCOc1ccc(/C(O)=C2\C(=O)C(=O)N(CCCOC)C23C(=O)N(C)c2ccccc23)cc1. The summed E-state index contributed by atoms with van der Waals surface area (Å²) >= 11 is 0. The van der Waals surface area contributed by atoms with Crippen LogP contribution in [-0.2, 0) is 24.7 Å². The fourth-order valence-electron chi connectivity index (χ4n) is 4.66. The van der Waals surface area contributed by atoms with E-state index in [1.54, 1.807) is 62.7 Å². The summed E-state index contributed by atoms with van der Waals surface area (Å²) in [5.41, 5.74) is -0.584. The van der Waals surface area contributed by atoms with Gasteiger partial charge in [-0.2, -0.15) is 0 Å². The minimum atomic E-state index is -1.74. The second-order valence-electron chi connectivity index (χ2n) is 7.90. The molecule has 4 rings (SSSR count). The van der Waals surface area contributed by atoms with Crippen LogP contribution in [0.15, 0.2) is 54.1 Å². The number of amides is 2. The molecular weight excluding hydrogens is 424 g/mol. The Hall–Kier alpha value is -3.65. The molecule has 33 heavy (non-hydrogen) atoms. The minimum Gasteiger partial charge on any atom is -0.507 e. The largest absolute Gasteiger partial charge is 0.507 e. The average molecular weight is 450 g/mol. The van der Waals surface area contributed by atoms with Gasteiger partial charge in [-0.25, -0.2) is 0 Å². The van der Waals surface area contributed by atoms with Gasteiger partial charge in [0.05, 0.1) is 12.2 Å². The Balaban J connectivity index is 1.95. The minimum absolute atomic E-state index is 0.117. The van der Waals surface area contributed by atoms with Gasteiger partial charge in [0.15, 0.2) is 5.54 Å². The van der Waals surface area contributed by atoms with E-state index in [2.05, 4.69) is 0 Å². The zero-order valence-electron chi connectivity index (χ0n) is 18.8. The van der Waals surface area contributed by atoms with E-state index in [-0.39, 0.29) is 12.1 Å². The predicted molar refractivity (Wildman–Crippen MR) is 122 cm³/mol. The monoisotopic (exact) mass is 450 g/mol. The molecule has 0 aromatic heterocycles. The first kappa shape index (κ1) is 22.5. The van der Waals surface area contributed by atoms with Crippen LogP contribution in [0.1, 0.15) is 24.5 Å². The first-order valence-corrected chi connectivity index (χ1v) is 10.8. The summed E-state index contributed by atoms with van der Waals surface area (Å²) in [6.07, 6.45) is 0.424. The number of ether oxygens (including phenoxy) is 2. The first-order valence-electron chi connectivity index (χ1n) is 10.8. The molecule has 8 nitrogen and oxygen atoms in total. The van der Waals surface area contributed by atoms with E-state index >= 15 is 0 Å². The maximum atomic E-state index is 13.8. The summed E-state index contributed by atoms with van der Waals surface area (Å²) < 4.78 is 10.6. The highest BCUT2D eigenvalue weighted by Crippen LogP contribution is 2.53. The molecule has 2 amide bonds.